The standard InChI is InChI=1S/C16H26N2O2S/c1-12-7-8-13(10-15(12)21(19,20)17-4)18-14-6-5-9-16(2,3)11-14/h7-8,10,14,17-18H,5-6,9,11H2,1-4H3. The summed E-state index contributed by atoms with van der Waals surface area (Å²) in [4.78, 5) is 0.352. The number of aryl methyl sites for hydroxylation is 1. The van der Waals surface area contributed by atoms with Crippen LogP contribution in [0.4, 0.5) is 5.69 Å². The summed E-state index contributed by atoms with van der Waals surface area (Å²) in [5, 5.41) is 3.51. The van der Waals surface area contributed by atoms with Crippen LogP contribution in [0.5, 0.6) is 0 Å². The SMILES string of the molecule is CNS(=O)(=O)c1cc(NC2CCCC(C)(C)C2)ccc1C. The highest BCUT2D eigenvalue weighted by molar-refractivity contribution is 7.89. The second-order valence-corrected chi connectivity index (χ2v) is 8.64. The molecule has 21 heavy (non-hydrogen) atoms. The first-order valence-electron chi connectivity index (χ1n) is 7.54. The van der Waals surface area contributed by atoms with Gasteiger partial charge in [-0.05, 0) is 56.3 Å². The Labute approximate surface area is 128 Å². The van der Waals surface area contributed by atoms with Crippen LogP contribution in [0, 0.1) is 12.3 Å². The number of nitrogens with one attached hydrogen (secondary N) is 2. The zero-order chi connectivity index (χ0) is 15.7. The molecule has 0 radical (unpaired) electrons. The minimum absolute atomic E-state index is 0.352. The molecule has 1 aliphatic rings. The molecule has 0 aliphatic heterocycles. The van der Waals surface area contributed by atoms with Gasteiger partial charge in [-0.15, -0.1) is 0 Å². The van der Waals surface area contributed by atoms with Crippen molar-refractivity contribution in [2.45, 2.75) is 57.4 Å². The summed E-state index contributed by atoms with van der Waals surface area (Å²) >= 11 is 0. The number of rotatable bonds is 4. The van der Waals surface area contributed by atoms with E-state index in [9.17, 15) is 8.42 Å². The first kappa shape index (κ1) is 16.3. The van der Waals surface area contributed by atoms with E-state index in [2.05, 4.69) is 23.9 Å². The molecule has 1 saturated carbocycles. The van der Waals surface area contributed by atoms with Crippen molar-refractivity contribution in [3.63, 3.8) is 0 Å². The molecule has 0 spiro atoms. The zero-order valence-corrected chi connectivity index (χ0v) is 14.2. The molecule has 0 heterocycles. The summed E-state index contributed by atoms with van der Waals surface area (Å²) in [6, 6.07) is 5.98. The molecule has 1 atom stereocenters. The number of sulfonamides is 1. The maximum absolute atomic E-state index is 12.0. The van der Waals surface area contributed by atoms with E-state index >= 15 is 0 Å². The molecule has 2 rings (SSSR count). The average Bonchev–Trinajstić information content (AvgIpc) is 2.39. The van der Waals surface area contributed by atoms with E-state index < -0.39 is 10.0 Å². The van der Waals surface area contributed by atoms with E-state index in [1.165, 1.54) is 19.9 Å². The minimum Gasteiger partial charge on any atom is -0.382 e. The van der Waals surface area contributed by atoms with Crippen molar-refractivity contribution in [1.82, 2.24) is 4.72 Å². The zero-order valence-electron chi connectivity index (χ0n) is 13.4. The van der Waals surface area contributed by atoms with Gasteiger partial charge < -0.3 is 5.32 Å². The monoisotopic (exact) mass is 310 g/mol. The second kappa shape index (κ2) is 5.97. The Morgan fingerprint density at radius 2 is 2.00 bits per heavy atom. The van der Waals surface area contributed by atoms with Crippen molar-refractivity contribution in [2.75, 3.05) is 12.4 Å². The topological polar surface area (TPSA) is 58.2 Å². The molecular formula is C16H26N2O2S. The quantitative estimate of drug-likeness (QED) is 0.897. The molecule has 1 unspecified atom stereocenters. The van der Waals surface area contributed by atoms with Crippen molar-refractivity contribution in [3.05, 3.63) is 23.8 Å². The lowest BCUT2D eigenvalue weighted by atomic mass is 9.75. The van der Waals surface area contributed by atoms with E-state index in [1.54, 1.807) is 6.07 Å². The van der Waals surface area contributed by atoms with Crippen molar-refractivity contribution >= 4 is 15.7 Å². The van der Waals surface area contributed by atoms with Crippen LogP contribution in [-0.4, -0.2) is 21.5 Å². The van der Waals surface area contributed by atoms with Gasteiger partial charge in [-0.25, -0.2) is 13.1 Å². The first-order chi connectivity index (χ1) is 9.73. The van der Waals surface area contributed by atoms with Crippen molar-refractivity contribution in [1.29, 1.82) is 0 Å². The summed E-state index contributed by atoms with van der Waals surface area (Å²) in [6.45, 7) is 6.41. The normalized spacial score (nSPS) is 22.0. The number of hydrogen-bond donors (Lipinski definition) is 2. The Balaban J connectivity index is 2.20. The Morgan fingerprint density at radius 3 is 2.62 bits per heavy atom. The van der Waals surface area contributed by atoms with Crippen molar-refractivity contribution in [3.8, 4) is 0 Å². The molecule has 1 aliphatic carbocycles. The molecule has 0 saturated heterocycles. The average molecular weight is 310 g/mol. The fourth-order valence-electron chi connectivity index (χ4n) is 3.15. The van der Waals surface area contributed by atoms with E-state index in [0.717, 1.165) is 24.1 Å². The van der Waals surface area contributed by atoms with Crippen LogP contribution < -0.4 is 10.0 Å². The molecule has 0 aromatic heterocycles. The molecule has 1 aromatic carbocycles. The number of hydrogen-bond acceptors (Lipinski definition) is 3. The van der Waals surface area contributed by atoms with Gasteiger partial charge in [-0.2, -0.15) is 0 Å². The second-order valence-electron chi connectivity index (χ2n) is 6.79. The molecule has 118 valence electrons. The third-order valence-corrected chi connectivity index (χ3v) is 5.88. The highest BCUT2D eigenvalue weighted by atomic mass is 32.2. The lowest BCUT2D eigenvalue weighted by Crippen LogP contribution is -2.31. The van der Waals surface area contributed by atoms with Gasteiger partial charge in [0.2, 0.25) is 10.0 Å². The van der Waals surface area contributed by atoms with Crippen LogP contribution in [-0.2, 0) is 10.0 Å². The highest BCUT2D eigenvalue weighted by Crippen LogP contribution is 2.36. The fourth-order valence-corrected chi connectivity index (χ4v) is 4.14. The van der Waals surface area contributed by atoms with Gasteiger partial charge in [0.1, 0.15) is 0 Å². The maximum atomic E-state index is 12.0. The van der Waals surface area contributed by atoms with Gasteiger partial charge in [0.25, 0.3) is 0 Å². The van der Waals surface area contributed by atoms with Gasteiger partial charge in [-0.3, -0.25) is 0 Å². The Hall–Kier alpha value is -1.07. The predicted molar refractivity (Wildman–Crippen MR) is 87.1 cm³/mol. The lowest BCUT2D eigenvalue weighted by Gasteiger charge is -2.36. The molecular weight excluding hydrogens is 284 g/mol. The summed E-state index contributed by atoms with van der Waals surface area (Å²) < 4.78 is 26.4. The van der Waals surface area contributed by atoms with Crippen LogP contribution in [0.3, 0.4) is 0 Å². The number of benzene rings is 1. The largest absolute Gasteiger partial charge is 0.382 e. The van der Waals surface area contributed by atoms with E-state index in [-0.39, 0.29) is 0 Å². The third kappa shape index (κ3) is 3.98. The third-order valence-electron chi connectivity index (χ3n) is 4.32. The van der Waals surface area contributed by atoms with E-state index in [0.29, 0.717) is 16.4 Å². The Bertz CT molecular complexity index is 609. The predicted octanol–water partition coefficient (Wildman–Crippen LogP) is 3.28. The highest BCUT2D eigenvalue weighted by Gasteiger charge is 2.28. The Kier molecular flexibility index (Phi) is 4.63. The van der Waals surface area contributed by atoms with Gasteiger partial charge in [0.05, 0.1) is 4.90 Å². The van der Waals surface area contributed by atoms with Crippen LogP contribution in [0.2, 0.25) is 0 Å². The van der Waals surface area contributed by atoms with Gasteiger partial charge in [0.15, 0.2) is 0 Å². The molecule has 1 aromatic rings. The van der Waals surface area contributed by atoms with Crippen LogP contribution in [0.15, 0.2) is 23.1 Å². The smallest absolute Gasteiger partial charge is 0.240 e. The van der Waals surface area contributed by atoms with Crippen molar-refractivity contribution < 1.29 is 8.42 Å². The van der Waals surface area contributed by atoms with Gasteiger partial charge in [0, 0.05) is 11.7 Å². The molecule has 0 bridgehead atoms. The van der Waals surface area contributed by atoms with Crippen molar-refractivity contribution in [2.24, 2.45) is 5.41 Å². The molecule has 2 N–H and O–H groups in total. The van der Waals surface area contributed by atoms with Gasteiger partial charge in [-0.1, -0.05) is 26.3 Å². The van der Waals surface area contributed by atoms with E-state index in [1.807, 2.05) is 19.1 Å². The molecule has 4 nitrogen and oxygen atoms in total. The number of anilines is 1. The lowest BCUT2D eigenvalue weighted by molar-refractivity contribution is 0.229. The minimum atomic E-state index is -3.41. The maximum Gasteiger partial charge on any atom is 0.240 e. The molecule has 1 fully saturated rings. The van der Waals surface area contributed by atoms with Crippen LogP contribution in [0.25, 0.3) is 0 Å². The molecule has 5 heteroatoms. The van der Waals surface area contributed by atoms with E-state index in [4.69, 9.17) is 0 Å². The Morgan fingerprint density at radius 1 is 1.29 bits per heavy atom. The summed E-state index contributed by atoms with van der Waals surface area (Å²) in [7, 11) is -1.96. The first-order valence-corrected chi connectivity index (χ1v) is 9.03. The fraction of sp³-hybridized carbons (Fsp3) is 0.625. The summed E-state index contributed by atoms with van der Waals surface area (Å²) in [5.74, 6) is 0. The van der Waals surface area contributed by atoms with Gasteiger partial charge >= 0.3 is 0 Å². The van der Waals surface area contributed by atoms with Crippen LogP contribution in [0.1, 0.15) is 45.1 Å². The summed E-state index contributed by atoms with van der Waals surface area (Å²) in [5.41, 5.74) is 2.01. The molecule has 0 amide bonds. The summed E-state index contributed by atoms with van der Waals surface area (Å²) in [6.07, 6.45) is 4.75. The van der Waals surface area contributed by atoms with Crippen LogP contribution >= 0.6 is 0 Å².